The summed E-state index contributed by atoms with van der Waals surface area (Å²) in [6, 6.07) is 5.65. The summed E-state index contributed by atoms with van der Waals surface area (Å²) in [7, 11) is 0. The van der Waals surface area contributed by atoms with Crippen molar-refractivity contribution in [2.45, 2.75) is 89.9 Å². The highest BCUT2D eigenvalue weighted by Crippen LogP contribution is 2.52. The number of hydrogen-bond donors (Lipinski definition) is 1. The molecule has 5 nitrogen and oxygen atoms in total. The number of aryl methyl sites for hydroxylation is 1. The van der Waals surface area contributed by atoms with Gasteiger partial charge in [-0.3, -0.25) is 9.59 Å². The number of aromatic nitrogens is 1. The summed E-state index contributed by atoms with van der Waals surface area (Å²) in [6.07, 6.45) is 5.81. The number of carbonyl (C=O) groups excluding carboxylic acids is 1. The fourth-order valence-corrected chi connectivity index (χ4v) is 5.64. The predicted octanol–water partition coefficient (Wildman–Crippen LogP) is 6.81. The molecule has 0 aliphatic heterocycles. The molecule has 0 amide bonds. The number of ketones is 1. The number of carboxylic acid groups (broad SMARTS) is 1. The minimum Gasteiger partial charge on any atom is -0.481 e. The van der Waals surface area contributed by atoms with E-state index in [2.05, 4.69) is 19.0 Å². The third-order valence-electron chi connectivity index (χ3n) is 7.06. The summed E-state index contributed by atoms with van der Waals surface area (Å²) < 4.78 is 5.87. The Morgan fingerprint density at radius 2 is 1.91 bits per heavy atom. The van der Waals surface area contributed by atoms with E-state index in [1.165, 1.54) is 6.42 Å². The second kappa shape index (κ2) is 10.0. The Hall–Kier alpha value is -2.14. The van der Waals surface area contributed by atoms with Crippen molar-refractivity contribution in [1.82, 2.24) is 5.16 Å². The molecule has 0 bridgehead atoms. The molecular formula is C27H34ClNO4. The van der Waals surface area contributed by atoms with Crippen molar-refractivity contribution in [3.05, 3.63) is 51.4 Å². The molecule has 1 aromatic heterocycles. The Labute approximate surface area is 200 Å². The molecule has 0 spiro atoms. The van der Waals surface area contributed by atoms with Crippen molar-refractivity contribution in [2.24, 2.45) is 11.8 Å². The lowest BCUT2D eigenvalue weighted by molar-refractivity contribution is -0.137. The molecule has 2 aromatic rings. The van der Waals surface area contributed by atoms with Crippen LogP contribution in [0.3, 0.4) is 0 Å². The molecule has 2 aliphatic rings. The molecule has 6 heteroatoms. The molecule has 1 atom stereocenters. The van der Waals surface area contributed by atoms with Gasteiger partial charge < -0.3 is 9.63 Å². The number of carboxylic acids is 1. The van der Waals surface area contributed by atoms with E-state index in [9.17, 15) is 14.7 Å². The summed E-state index contributed by atoms with van der Waals surface area (Å²) in [5, 5.41) is 14.5. The van der Waals surface area contributed by atoms with Gasteiger partial charge in [-0.15, -0.1) is 0 Å². The van der Waals surface area contributed by atoms with Gasteiger partial charge >= 0.3 is 5.97 Å². The smallest absolute Gasteiger partial charge is 0.304 e. The van der Waals surface area contributed by atoms with Crippen LogP contribution in [0.15, 0.2) is 22.7 Å². The molecule has 33 heavy (non-hydrogen) atoms. The monoisotopic (exact) mass is 471 g/mol. The van der Waals surface area contributed by atoms with E-state index in [1.807, 2.05) is 25.1 Å². The molecule has 178 valence electrons. The van der Waals surface area contributed by atoms with Crippen LogP contribution in [0.2, 0.25) is 5.02 Å². The Balaban J connectivity index is 1.52. The van der Waals surface area contributed by atoms with Crippen LogP contribution in [0.1, 0.15) is 105 Å². The van der Waals surface area contributed by atoms with Crippen LogP contribution in [0.4, 0.5) is 0 Å². The molecule has 4 rings (SSSR count). The minimum atomic E-state index is -0.923. The predicted molar refractivity (Wildman–Crippen MR) is 128 cm³/mol. The Bertz CT molecular complexity index is 1020. The maximum Gasteiger partial charge on any atom is 0.304 e. The zero-order chi connectivity index (χ0) is 23.7. The number of Topliss-reactive ketones (excluding diaryl/α,β-unsaturated/α-hetero) is 1. The van der Waals surface area contributed by atoms with Gasteiger partial charge in [-0.05, 0) is 74.0 Å². The maximum absolute atomic E-state index is 13.0. The third-order valence-corrected chi connectivity index (χ3v) is 7.41. The quantitative estimate of drug-likeness (QED) is 0.389. The van der Waals surface area contributed by atoms with Gasteiger partial charge in [-0.1, -0.05) is 42.7 Å². The summed E-state index contributed by atoms with van der Waals surface area (Å²) in [4.78, 5) is 24.6. The van der Waals surface area contributed by atoms with Gasteiger partial charge in [0.2, 0.25) is 0 Å². The average molecular weight is 472 g/mol. The van der Waals surface area contributed by atoms with Gasteiger partial charge in [0, 0.05) is 35.3 Å². The number of benzene rings is 1. The first-order chi connectivity index (χ1) is 15.7. The zero-order valence-electron chi connectivity index (χ0n) is 19.8. The maximum atomic E-state index is 13.0. The van der Waals surface area contributed by atoms with Crippen LogP contribution in [0, 0.1) is 18.8 Å². The SMILES string of the molecule is Cc1ccc(CC(=O)C[C@H](CC(=O)O)c2noc(C3CC(CC(C)C)C3)c2C2CC2)c(Cl)c1. The number of hydrogen-bond acceptors (Lipinski definition) is 4. The molecule has 1 heterocycles. The van der Waals surface area contributed by atoms with Gasteiger partial charge in [0.05, 0.1) is 12.1 Å². The summed E-state index contributed by atoms with van der Waals surface area (Å²) in [6.45, 7) is 6.47. The van der Waals surface area contributed by atoms with Gasteiger partial charge in [-0.25, -0.2) is 0 Å². The highest BCUT2D eigenvalue weighted by atomic mass is 35.5. The van der Waals surface area contributed by atoms with Gasteiger partial charge in [0.15, 0.2) is 0 Å². The normalized spacial score (nSPS) is 21.1. The van der Waals surface area contributed by atoms with Crippen molar-refractivity contribution in [3.8, 4) is 0 Å². The Morgan fingerprint density at radius 3 is 2.52 bits per heavy atom. The van der Waals surface area contributed by atoms with E-state index in [-0.39, 0.29) is 25.0 Å². The van der Waals surface area contributed by atoms with E-state index >= 15 is 0 Å². The summed E-state index contributed by atoms with van der Waals surface area (Å²) in [5.41, 5.74) is 3.62. The lowest BCUT2D eigenvalue weighted by Gasteiger charge is -2.35. The fourth-order valence-electron chi connectivity index (χ4n) is 5.33. The number of nitrogens with zero attached hydrogens (tertiary/aromatic N) is 1. The number of aliphatic carboxylic acids is 1. The highest BCUT2D eigenvalue weighted by Gasteiger charge is 2.42. The molecule has 0 unspecified atom stereocenters. The molecule has 0 radical (unpaired) electrons. The van der Waals surface area contributed by atoms with Crippen LogP contribution >= 0.6 is 11.6 Å². The summed E-state index contributed by atoms with van der Waals surface area (Å²) in [5.74, 6) is 1.72. The topological polar surface area (TPSA) is 80.4 Å². The molecule has 2 saturated carbocycles. The molecule has 1 N–H and O–H groups in total. The second-order valence-electron chi connectivity index (χ2n) is 10.6. The van der Waals surface area contributed by atoms with Crippen molar-refractivity contribution in [2.75, 3.05) is 0 Å². The third kappa shape index (κ3) is 5.87. The zero-order valence-corrected chi connectivity index (χ0v) is 20.5. The van der Waals surface area contributed by atoms with Crippen molar-refractivity contribution in [3.63, 3.8) is 0 Å². The molecular weight excluding hydrogens is 438 g/mol. The Morgan fingerprint density at radius 1 is 1.18 bits per heavy atom. The second-order valence-corrected chi connectivity index (χ2v) is 11.0. The molecule has 0 saturated heterocycles. The Kier molecular flexibility index (Phi) is 7.28. The number of carbonyl (C=O) groups is 2. The largest absolute Gasteiger partial charge is 0.481 e. The first-order valence-electron chi connectivity index (χ1n) is 12.2. The van der Waals surface area contributed by atoms with Crippen molar-refractivity contribution in [1.29, 1.82) is 0 Å². The average Bonchev–Trinajstić information content (AvgIpc) is 3.44. The fraction of sp³-hybridized carbons (Fsp3) is 0.593. The van der Waals surface area contributed by atoms with Gasteiger partial charge in [0.25, 0.3) is 0 Å². The van der Waals surface area contributed by atoms with E-state index < -0.39 is 11.9 Å². The van der Waals surface area contributed by atoms with E-state index in [0.29, 0.717) is 28.5 Å². The van der Waals surface area contributed by atoms with E-state index in [4.69, 9.17) is 16.1 Å². The standard InChI is InChI=1S/C27H34ClNO4/c1-15(2)8-17-10-21(11-17)27-25(18-6-7-18)26(29-33-27)20(14-24(31)32)13-22(30)12-19-5-4-16(3)9-23(19)28/h4-5,9,15,17-18,20-21H,6-8,10-14H2,1-3H3,(H,31,32)/t17?,20-,21?/m1/s1. The lowest BCUT2D eigenvalue weighted by Crippen LogP contribution is -2.24. The number of halogens is 1. The van der Waals surface area contributed by atoms with E-state index in [1.54, 1.807) is 0 Å². The van der Waals surface area contributed by atoms with Gasteiger partial charge in [-0.2, -0.15) is 0 Å². The van der Waals surface area contributed by atoms with Crippen LogP contribution in [-0.2, 0) is 16.0 Å². The minimum absolute atomic E-state index is 0.0288. The first kappa shape index (κ1) is 24.0. The molecule has 2 fully saturated rings. The lowest BCUT2D eigenvalue weighted by atomic mass is 9.69. The highest BCUT2D eigenvalue weighted by molar-refractivity contribution is 6.31. The first-order valence-corrected chi connectivity index (χ1v) is 12.6. The van der Waals surface area contributed by atoms with Crippen LogP contribution < -0.4 is 0 Å². The van der Waals surface area contributed by atoms with Crippen LogP contribution in [0.25, 0.3) is 0 Å². The summed E-state index contributed by atoms with van der Waals surface area (Å²) >= 11 is 6.32. The van der Waals surface area contributed by atoms with E-state index in [0.717, 1.165) is 54.1 Å². The van der Waals surface area contributed by atoms with Gasteiger partial charge in [0.1, 0.15) is 11.5 Å². The number of rotatable bonds is 11. The van der Waals surface area contributed by atoms with Crippen LogP contribution in [0.5, 0.6) is 0 Å². The van der Waals surface area contributed by atoms with Crippen LogP contribution in [-0.4, -0.2) is 22.0 Å². The van der Waals surface area contributed by atoms with Crippen molar-refractivity contribution >= 4 is 23.4 Å². The van der Waals surface area contributed by atoms with Crippen molar-refractivity contribution < 1.29 is 19.2 Å². The molecule has 2 aliphatic carbocycles. The molecule has 1 aromatic carbocycles.